The summed E-state index contributed by atoms with van der Waals surface area (Å²) in [6, 6.07) is 5.96. The van der Waals surface area contributed by atoms with Gasteiger partial charge in [-0.15, -0.1) is 0 Å². The quantitative estimate of drug-likeness (QED) is 0.394. The van der Waals surface area contributed by atoms with Gasteiger partial charge in [-0.3, -0.25) is 4.79 Å². The molecule has 192 valence electrons. The van der Waals surface area contributed by atoms with Crippen LogP contribution in [0.15, 0.2) is 36.8 Å². The maximum atomic E-state index is 12.8. The predicted molar refractivity (Wildman–Crippen MR) is 141 cm³/mol. The van der Waals surface area contributed by atoms with Gasteiger partial charge in [-0.05, 0) is 55.9 Å². The number of piperidine rings is 1. The molecule has 1 saturated heterocycles. The van der Waals surface area contributed by atoms with Gasteiger partial charge in [-0.1, -0.05) is 18.5 Å². The van der Waals surface area contributed by atoms with E-state index < -0.39 is 5.97 Å². The molecule has 0 unspecified atom stereocenters. The molecule has 9 heteroatoms. The fourth-order valence-corrected chi connectivity index (χ4v) is 5.05. The standard InChI is InChI=1S/C27H34ClN5O3/c1-4-25(34)33(13-10-20-18-31(3)24-7-6-22(28)14-23(20)24)17-19-8-11-32(12-9-19)27-29-15-21(16-30-27)26(35)36-5-2/h6-7,14-16,18-19H,4-5,8-13,17H2,1-3H3. The first-order valence-electron chi connectivity index (χ1n) is 12.6. The van der Waals surface area contributed by atoms with Crippen molar-refractivity contribution >= 4 is 40.3 Å². The maximum absolute atomic E-state index is 12.8. The second-order valence-electron chi connectivity index (χ2n) is 9.29. The minimum absolute atomic E-state index is 0.189. The van der Waals surface area contributed by atoms with Crippen molar-refractivity contribution in [3.05, 3.63) is 52.9 Å². The maximum Gasteiger partial charge on any atom is 0.341 e. The number of amides is 1. The Labute approximate surface area is 217 Å². The lowest BCUT2D eigenvalue weighted by molar-refractivity contribution is -0.131. The SMILES string of the molecule is CCOC(=O)c1cnc(N2CCC(CN(CCc3cn(C)c4ccc(Cl)cc34)C(=O)CC)CC2)nc1. The molecule has 0 bridgehead atoms. The third-order valence-corrected chi connectivity index (χ3v) is 7.10. The lowest BCUT2D eigenvalue weighted by Crippen LogP contribution is -2.42. The summed E-state index contributed by atoms with van der Waals surface area (Å²) in [6.07, 6.45) is 8.40. The number of hydrogen-bond acceptors (Lipinski definition) is 6. The zero-order valence-corrected chi connectivity index (χ0v) is 22.0. The van der Waals surface area contributed by atoms with Crippen LogP contribution in [0, 0.1) is 5.92 Å². The molecule has 0 N–H and O–H groups in total. The molecular formula is C27H34ClN5O3. The molecule has 0 radical (unpaired) electrons. The molecular weight excluding hydrogens is 478 g/mol. The highest BCUT2D eigenvalue weighted by atomic mass is 35.5. The van der Waals surface area contributed by atoms with Crippen LogP contribution in [0.3, 0.4) is 0 Å². The van der Waals surface area contributed by atoms with Crippen molar-refractivity contribution in [3.63, 3.8) is 0 Å². The number of halogens is 1. The van der Waals surface area contributed by atoms with E-state index >= 15 is 0 Å². The van der Waals surface area contributed by atoms with Crippen LogP contribution in [0.4, 0.5) is 5.95 Å². The molecule has 3 aromatic rings. The Morgan fingerprint density at radius 2 is 1.89 bits per heavy atom. The van der Waals surface area contributed by atoms with Crippen LogP contribution >= 0.6 is 11.6 Å². The number of aromatic nitrogens is 3. The van der Waals surface area contributed by atoms with E-state index in [0.29, 0.717) is 37.0 Å². The van der Waals surface area contributed by atoms with E-state index in [0.717, 1.165) is 54.8 Å². The molecule has 1 fully saturated rings. The molecule has 0 saturated carbocycles. The van der Waals surface area contributed by atoms with E-state index in [1.807, 2.05) is 37.1 Å². The molecule has 0 atom stereocenters. The summed E-state index contributed by atoms with van der Waals surface area (Å²) in [5.74, 6) is 0.832. The Morgan fingerprint density at radius 1 is 1.17 bits per heavy atom. The molecule has 1 aliphatic heterocycles. The van der Waals surface area contributed by atoms with Gasteiger partial charge in [0, 0.05) is 74.2 Å². The van der Waals surface area contributed by atoms with Gasteiger partial charge in [-0.2, -0.15) is 0 Å². The molecule has 2 aromatic heterocycles. The third-order valence-electron chi connectivity index (χ3n) is 6.87. The number of esters is 1. The topological polar surface area (TPSA) is 80.6 Å². The second-order valence-corrected chi connectivity index (χ2v) is 9.73. The molecule has 1 aromatic carbocycles. The number of anilines is 1. The normalized spacial score (nSPS) is 14.3. The van der Waals surface area contributed by atoms with Crippen LogP contribution in [-0.2, 0) is 23.0 Å². The number of fused-ring (bicyclic) bond motifs is 1. The van der Waals surface area contributed by atoms with Gasteiger partial charge in [0.05, 0.1) is 12.2 Å². The van der Waals surface area contributed by atoms with Gasteiger partial charge in [0.15, 0.2) is 0 Å². The average molecular weight is 512 g/mol. The highest BCUT2D eigenvalue weighted by molar-refractivity contribution is 6.31. The van der Waals surface area contributed by atoms with Gasteiger partial charge in [0.1, 0.15) is 0 Å². The summed E-state index contributed by atoms with van der Waals surface area (Å²) < 4.78 is 7.11. The van der Waals surface area contributed by atoms with Crippen molar-refractivity contribution in [2.75, 3.05) is 37.7 Å². The van der Waals surface area contributed by atoms with Gasteiger partial charge in [-0.25, -0.2) is 14.8 Å². The largest absolute Gasteiger partial charge is 0.462 e. The second kappa shape index (κ2) is 11.7. The fourth-order valence-electron chi connectivity index (χ4n) is 4.87. The van der Waals surface area contributed by atoms with Crippen LogP contribution in [0.25, 0.3) is 10.9 Å². The van der Waals surface area contributed by atoms with E-state index in [2.05, 4.69) is 25.6 Å². The molecule has 1 aliphatic rings. The van der Waals surface area contributed by atoms with Crippen molar-refractivity contribution in [1.82, 2.24) is 19.4 Å². The van der Waals surface area contributed by atoms with Crippen LogP contribution in [0.2, 0.25) is 5.02 Å². The minimum Gasteiger partial charge on any atom is -0.462 e. The van der Waals surface area contributed by atoms with Gasteiger partial charge < -0.3 is 19.1 Å². The lowest BCUT2D eigenvalue weighted by atomic mass is 9.96. The van der Waals surface area contributed by atoms with Gasteiger partial charge >= 0.3 is 5.97 Å². The summed E-state index contributed by atoms with van der Waals surface area (Å²) in [5, 5.41) is 1.87. The Bertz CT molecular complexity index is 1200. The summed E-state index contributed by atoms with van der Waals surface area (Å²) in [6.45, 7) is 7.10. The zero-order chi connectivity index (χ0) is 25.7. The van der Waals surface area contributed by atoms with Crippen LogP contribution < -0.4 is 4.90 Å². The van der Waals surface area contributed by atoms with Crippen LogP contribution in [0.1, 0.15) is 49.0 Å². The van der Waals surface area contributed by atoms with Crippen molar-refractivity contribution in [2.24, 2.45) is 13.0 Å². The summed E-state index contributed by atoms with van der Waals surface area (Å²) >= 11 is 6.25. The highest BCUT2D eigenvalue weighted by Crippen LogP contribution is 2.26. The Balaban J connectivity index is 1.34. The van der Waals surface area contributed by atoms with Crippen LogP contribution in [0.5, 0.6) is 0 Å². The first-order chi connectivity index (χ1) is 17.4. The number of carbonyl (C=O) groups excluding carboxylic acids is 2. The fraction of sp³-hybridized carbons (Fsp3) is 0.481. The first kappa shape index (κ1) is 25.9. The molecule has 8 nitrogen and oxygen atoms in total. The first-order valence-corrected chi connectivity index (χ1v) is 13.0. The van der Waals surface area contributed by atoms with Crippen molar-refractivity contribution in [3.8, 4) is 0 Å². The van der Waals surface area contributed by atoms with E-state index in [9.17, 15) is 9.59 Å². The summed E-state index contributed by atoms with van der Waals surface area (Å²) in [4.78, 5) is 37.5. The Morgan fingerprint density at radius 3 is 2.56 bits per heavy atom. The third kappa shape index (κ3) is 5.98. The number of nitrogens with zero attached hydrogens (tertiary/aromatic N) is 5. The number of benzene rings is 1. The number of hydrogen-bond donors (Lipinski definition) is 0. The average Bonchev–Trinajstić information content (AvgIpc) is 3.21. The van der Waals surface area contributed by atoms with E-state index in [-0.39, 0.29) is 5.91 Å². The monoisotopic (exact) mass is 511 g/mol. The predicted octanol–water partition coefficient (Wildman–Crippen LogP) is 4.50. The Kier molecular flexibility index (Phi) is 8.46. The zero-order valence-electron chi connectivity index (χ0n) is 21.2. The molecule has 0 spiro atoms. The van der Waals surface area contributed by atoms with E-state index in [1.54, 1.807) is 6.92 Å². The van der Waals surface area contributed by atoms with Crippen molar-refractivity contribution < 1.29 is 14.3 Å². The lowest BCUT2D eigenvalue weighted by Gasteiger charge is -2.35. The molecule has 1 amide bonds. The van der Waals surface area contributed by atoms with E-state index in [1.165, 1.54) is 18.0 Å². The summed E-state index contributed by atoms with van der Waals surface area (Å²) in [5.41, 5.74) is 2.72. The number of rotatable bonds is 9. The van der Waals surface area contributed by atoms with Gasteiger partial charge in [0.2, 0.25) is 11.9 Å². The molecule has 0 aliphatic carbocycles. The van der Waals surface area contributed by atoms with E-state index in [4.69, 9.17) is 16.3 Å². The summed E-state index contributed by atoms with van der Waals surface area (Å²) in [7, 11) is 2.04. The molecule has 4 rings (SSSR count). The number of aryl methyl sites for hydroxylation is 1. The highest BCUT2D eigenvalue weighted by Gasteiger charge is 2.25. The number of ether oxygens (including phenoxy) is 1. The smallest absolute Gasteiger partial charge is 0.341 e. The molecule has 3 heterocycles. The number of carbonyl (C=O) groups is 2. The van der Waals surface area contributed by atoms with Crippen molar-refractivity contribution in [1.29, 1.82) is 0 Å². The van der Waals surface area contributed by atoms with Gasteiger partial charge in [0.25, 0.3) is 0 Å². The minimum atomic E-state index is -0.407. The van der Waals surface area contributed by atoms with Crippen LogP contribution in [-0.4, -0.2) is 64.1 Å². The van der Waals surface area contributed by atoms with Crippen molar-refractivity contribution in [2.45, 2.75) is 39.5 Å². The Hall–Kier alpha value is -3.13. The molecule has 36 heavy (non-hydrogen) atoms.